The highest BCUT2D eigenvalue weighted by Gasteiger charge is 2.21. The molecule has 26 heavy (non-hydrogen) atoms. The van der Waals surface area contributed by atoms with Gasteiger partial charge in [0.1, 0.15) is 0 Å². The fourth-order valence-electron chi connectivity index (χ4n) is 3.61. The smallest absolute Gasteiger partial charge is 0.176 e. The predicted molar refractivity (Wildman–Crippen MR) is 106 cm³/mol. The molecular formula is C22H23N3O. The number of nitrogens with zero attached hydrogens (tertiary/aromatic N) is 3. The number of carbonyl (C=O) groups is 1. The van der Waals surface area contributed by atoms with Crippen molar-refractivity contribution in [3.63, 3.8) is 0 Å². The second-order valence-corrected chi connectivity index (χ2v) is 6.85. The van der Waals surface area contributed by atoms with Gasteiger partial charge in [0.05, 0.1) is 12.1 Å². The number of Topliss-reactive ketones (excluding diaryl/α,β-unsaturated/α-hetero) is 1. The molecule has 1 aliphatic rings. The summed E-state index contributed by atoms with van der Waals surface area (Å²) in [6.07, 6.45) is 0. The first-order chi connectivity index (χ1) is 12.7. The van der Waals surface area contributed by atoms with E-state index in [1.165, 1.54) is 11.1 Å². The first-order valence-electron chi connectivity index (χ1n) is 9.13. The summed E-state index contributed by atoms with van der Waals surface area (Å²) in [4.78, 5) is 21.7. The van der Waals surface area contributed by atoms with Crippen LogP contribution in [0.5, 0.6) is 0 Å². The summed E-state index contributed by atoms with van der Waals surface area (Å²) < 4.78 is 0. The molecule has 1 aromatic heterocycles. The monoisotopic (exact) mass is 345 g/mol. The standard InChI is InChI=1S/C22H23N3O/c1-17-15-21(19-9-5-6-10-20(19)23-17)25-13-11-24(12-14-25)16-22(26)18-7-3-2-4-8-18/h2-10,15H,11-14,16H2,1H3. The van der Waals surface area contributed by atoms with Crippen LogP contribution in [0.25, 0.3) is 10.9 Å². The van der Waals surface area contributed by atoms with Gasteiger partial charge in [-0.3, -0.25) is 14.7 Å². The fourth-order valence-corrected chi connectivity index (χ4v) is 3.61. The van der Waals surface area contributed by atoms with Gasteiger partial charge >= 0.3 is 0 Å². The third kappa shape index (κ3) is 3.46. The van der Waals surface area contributed by atoms with Crippen LogP contribution in [0.4, 0.5) is 5.69 Å². The average molecular weight is 345 g/mol. The highest BCUT2D eigenvalue weighted by Crippen LogP contribution is 2.27. The predicted octanol–water partition coefficient (Wildman–Crippen LogP) is 3.55. The van der Waals surface area contributed by atoms with Gasteiger partial charge in [-0.15, -0.1) is 0 Å². The van der Waals surface area contributed by atoms with Crippen molar-refractivity contribution in [3.8, 4) is 0 Å². The molecule has 1 fully saturated rings. The van der Waals surface area contributed by atoms with E-state index in [1.807, 2.05) is 43.3 Å². The highest BCUT2D eigenvalue weighted by atomic mass is 16.1. The zero-order chi connectivity index (χ0) is 17.9. The van der Waals surface area contributed by atoms with Gasteiger partial charge in [-0.2, -0.15) is 0 Å². The molecule has 4 heteroatoms. The number of pyridine rings is 1. The van der Waals surface area contributed by atoms with Crippen molar-refractivity contribution in [2.24, 2.45) is 0 Å². The Hall–Kier alpha value is -2.72. The van der Waals surface area contributed by atoms with E-state index in [2.05, 4.69) is 39.0 Å². The minimum Gasteiger partial charge on any atom is -0.368 e. The molecule has 0 atom stereocenters. The van der Waals surface area contributed by atoms with Crippen LogP contribution in [0.3, 0.4) is 0 Å². The topological polar surface area (TPSA) is 36.4 Å². The van der Waals surface area contributed by atoms with Gasteiger partial charge in [0.2, 0.25) is 0 Å². The number of hydrogen-bond donors (Lipinski definition) is 0. The SMILES string of the molecule is Cc1cc(N2CCN(CC(=O)c3ccccc3)CC2)c2ccccc2n1. The Labute approximate surface area is 154 Å². The Kier molecular flexibility index (Phi) is 4.67. The Bertz CT molecular complexity index is 915. The van der Waals surface area contributed by atoms with Crippen molar-refractivity contribution >= 4 is 22.4 Å². The van der Waals surface area contributed by atoms with E-state index in [-0.39, 0.29) is 5.78 Å². The van der Waals surface area contributed by atoms with Crippen molar-refractivity contribution in [1.29, 1.82) is 0 Å². The number of ketones is 1. The molecule has 0 saturated carbocycles. The molecule has 0 radical (unpaired) electrons. The lowest BCUT2D eigenvalue weighted by Crippen LogP contribution is -2.48. The maximum atomic E-state index is 12.4. The van der Waals surface area contributed by atoms with Crippen molar-refractivity contribution in [2.75, 3.05) is 37.6 Å². The minimum absolute atomic E-state index is 0.198. The Morgan fingerprint density at radius 1 is 0.962 bits per heavy atom. The van der Waals surface area contributed by atoms with Gasteiger partial charge in [-0.1, -0.05) is 48.5 Å². The summed E-state index contributed by atoms with van der Waals surface area (Å²) in [5.41, 5.74) is 4.14. The van der Waals surface area contributed by atoms with Crippen LogP contribution in [0, 0.1) is 6.92 Å². The van der Waals surface area contributed by atoms with E-state index in [9.17, 15) is 4.79 Å². The summed E-state index contributed by atoms with van der Waals surface area (Å²) in [5, 5.41) is 1.20. The Balaban J connectivity index is 1.45. The molecule has 0 bridgehead atoms. The molecule has 3 aromatic rings. The highest BCUT2D eigenvalue weighted by molar-refractivity contribution is 5.97. The normalized spacial score (nSPS) is 15.3. The molecule has 1 aliphatic heterocycles. The molecule has 0 spiro atoms. The molecule has 1 saturated heterocycles. The van der Waals surface area contributed by atoms with Crippen molar-refractivity contribution in [3.05, 3.63) is 71.9 Å². The minimum atomic E-state index is 0.198. The third-order valence-corrected chi connectivity index (χ3v) is 5.00. The van der Waals surface area contributed by atoms with Crippen molar-refractivity contribution in [2.45, 2.75) is 6.92 Å². The number of hydrogen-bond acceptors (Lipinski definition) is 4. The third-order valence-electron chi connectivity index (χ3n) is 5.00. The second kappa shape index (κ2) is 7.26. The first kappa shape index (κ1) is 16.7. The molecule has 2 aromatic carbocycles. The number of para-hydroxylation sites is 1. The van der Waals surface area contributed by atoms with E-state index in [1.54, 1.807) is 0 Å². The maximum Gasteiger partial charge on any atom is 0.176 e. The van der Waals surface area contributed by atoms with E-state index in [4.69, 9.17) is 0 Å². The number of benzene rings is 2. The number of rotatable bonds is 4. The molecular weight excluding hydrogens is 322 g/mol. The van der Waals surface area contributed by atoms with E-state index >= 15 is 0 Å². The molecule has 0 amide bonds. The fraction of sp³-hybridized carbons (Fsp3) is 0.273. The molecule has 0 unspecified atom stereocenters. The van der Waals surface area contributed by atoms with Crippen LogP contribution in [-0.2, 0) is 0 Å². The van der Waals surface area contributed by atoms with E-state index in [0.717, 1.165) is 43.0 Å². The van der Waals surface area contributed by atoms with Crippen molar-refractivity contribution < 1.29 is 4.79 Å². The molecule has 0 N–H and O–H groups in total. The number of anilines is 1. The number of aryl methyl sites for hydroxylation is 1. The molecule has 132 valence electrons. The van der Waals surface area contributed by atoms with Gasteiger partial charge in [0, 0.05) is 48.5 Å². The number of carbonyl (C=O) groups excluding carboxylic acids is 1. The van der Waals surface area contributed by atoms with Gasteiger partial charge in [-0.05, 0) is 19.1 Å². The number of fused-ring (bicyclic) bond motifs is 1. The zero-order valence-corrected chi connectivity index (χ0v) is 15.1. The van der Waals surface area contributed by atoms with E-state index in [0.29, 0.717) is 6.54 Å². The Morgan fingerprint density at radius 3 is 2.42 bits per heavy atom. The van der Waals surface area contributed by atoms with Crippen molar-refractivity contribution in [1.82, 2.24) is 9.88 Å². The van der Waals surface area contributed by atoms with Crippen LogP contribution in [-0.4, -0.2) is 48.4 Å². The summed E-state index contributed by atoms with van der Waals surface area (Å²) in [6.45, 7) is 6.19. The molecule has 4 rings (SSSR count). The molecule has 0 aliphatic carbocycles. The van der Waals surface area contributed by atoms with Gasteiger partial charge in [0.25, 0.3) is 0 Å². The number of aromatic nitrogens is 1. The maximum absolute atomic E-state index is 12.4. The second-order valence-electron chi connectivity index (χ2n) is 6.85. The largest absolute Gasteiger partial charge is 0.368 e. The first-order valence-corrected chi connectivity index (χ1v) is 9.13. The van der Waals surface area contributed by atoms with E-state index < -0.39 is 0 Å². The van der Waals surface area contributed by atoms with Crippen LogP contribution < -0.4 is 4.90 Å². The summed E-state index contributed by atoms with van der Waals surface area (Å²) in [5.74, 6) is 0.198. The lowest BCUT2D eigenvalue weighted by Gasteiger charge is -2.36. The summed E-state index contributed by atoms with van der Waals surface area (Å²) >= 11 is 0. The van der Waals surface area contributed by atoms with Crippen LogP contribution in [0.2, 0.25) is 0 Å². The number of piperazine rings is 1. The van der Waals surface area contributed by atoms with Crippen LogP contribution in [0.1, 0.15) is 16.1 Å². The summed E-state index contributed by atoms with van der Waals surface area (Å²) in [7, 11) is 0. The van der Waals surface area contributed by atoms with Gasteiger partial charge < -0.3 is 4.90 Å². The average Bonchev–Trinajstić information content (AvgIpc) is 2.68. The quantitative estimate of drug-likeness (QED) is 0.678. The molecule has 2 heterocycles. The lowest BCUT2D eigenvalue weighted by atomic mass is 10.1. The zero-order valence-electron chi connectivity index (χ0n) is 15.1. The molecule has 4 nitrogen and oxygen atoms in total. The lowest BCUT2D eigenvalue weighted by molar-refractivity contribution is 0.0926. The Morgan fingerprint density at radius 2 is 1.65 bits per heavy atom. The van der Waals surface area contributed by atoms with Gasteiger partial charge in [0.15, 0.2) is 5.78 Å². The van der Waals surface area contributed by atoms with Crippen LogP contribution in [0.15, 0.2) is 60.7 Å². The summed E-state index contributed by atoms with van der Waals surface area (Å²) in [6, 6.07) is 20.1. The van der Waals surface area contributed by atoms with Gasteiger partial charge in [-0.25, -0.2) is 0 Å². The van der Waals surface area contributed by atoms with Crippen LogP contribution >= 0.6 is 0 Å².